The molecule has 1 aromatic rings. The number of hydrogen-bond donors (Lipinski definition) is 2. The molecule has 2 N–H and O–H groups in total. The largest absolute Gasteiger partial charge is 0.384 e. The fraction of sp³-hybridized carbons (Fsp3) is 0.600. The van der Waals surface area contributed by atoms with Gasteiger partial charge in [-0.2, -0.15) is 0 Å². The molecule has 2 aliphatic rings. The third kappa shape index (κ3) is 2.69. The van der Waals surface area contributed by atoms with E-state index in [-0.39, 0.29) is 5.41 Å². The molecule has 3 rings (SSSR count). The Labute approximate surface area is 121 Å². The zero-order valence-corrected chi connectivity index (χ0v) is 12.7. The Morgan fingerprint density at radius 2 is 2.15 bits per heavy atom. The van der Waals surface area contributed by atoms with Crippen LogP contribution in [0.4, 0.5) is 5.69 Å². The first-order chi connectivity index (χ1) is 9.55. The molecule has 1 saturated carbocycles. The molecule has 0 radical (unpaired) electrons. The van der Waals surface area contributed by atoms with Crippen molar-refractivity contribution in [3.05, 3.63) is 23.8 Å². The van der Waals surface area contributed by atoms with Gasteiger partial charge < -0.3 is 5.32 Å². The number of hydrogen-bond acceptors (Lipinski definition) is 3. The Kier molecular flexibility index (Phi) is 3.50. The minimum Gasteiger partial charge on any atom is -0.384 e. The fourth-order valence-electron chi connectivity index (χ4n) is 3.00. The molecule has 1 aliphatic heterocycles. The second kappa shape index (κ2) is 5.04. The zero-order chi connectivity index (χ0) is 14.2. The minimum atomic E-state index is -3.37. The molecule has 1 heterocycles. The lowest BCUT2D eigenvalue weighted by atomic mass is 10.0. The van der Waals surface area contributed by atoms with Gasteiger partial charge in [0.05, 0.1) is 4.90 Å². The topological polar surface area (TPSA) is 58.2 Å². The Morgan fingerprint density at radius 3 is 2.85 bits per heavy atom. The van der Waals surface area contributed by atoms with Crippen LogP contribution in [0.5, 0.6) is 0 Å². The Morgan fingerprint density at radius 1 is 1.35 bits per heavy atom. The Bertz CT molecular complexity index is 606. The first kappa shape index (κ1) is 13.9. The lowest BCUT2D eigenvalue weighted by molar-refractivity contribution is 0.449. The molecule has 0 aromatic heterocycles. The molecule has 1 fully saturated rings. The van der Waals surface area contributed by atoms with Crippen molar-refractivity contribution in [3.63, 3.8) is 0 Å². The molecule has 1 aromatic carbocycles. The van der Waals surface area contributed by atoms with Crippen LogP contribution in [0.1, 0.15) is 38.2 Å². The number of anilines is 1. The predicted molar refractivity (Wildman–Crippen MR) is 80.4 cm³/mol. The van der Waals surface area contributed by atoms with Crippen LogP contribution in [-0.4, -0.2) is 21.5 Å². The summed E-state index contributed by atoms with van der Waals surface area (Å²) < 4.78 is 27.6. The molecule has 0 unspecified atom stereocenters. The van der Waals surface area contributed by atoms with Gasteiger partial charge in [-0.3, -0.25) is 0 Å². The smallest absolute Gasteiger partial charge is 0.240 e. The molecule has 0 spiro atoms. The van der Waals surface area contributed by atoms with E-state index in [1.54, 1.807) is 12.1 Å². The van der Waals surface area contributed by atoms with E-state index in [0.717, 1.165) is 49.9 Å². The van der Waals surface area contributed by atoms with Gasteiger partial charge in [-0.15, -0.1) is 0 Å². The van der Waals surface area contributed by atoms with Crippen LogP contribution in [0.2, 0.25) is 0 Å². The Hall–Kier alpha value is -1.07. The summed E-state index contributed by atoms with van der Waals surface area (Å²) in [5.41, 5.74) is 2.40. The average molecular weight is 294 g/mol. The Balaban J connectivity index is 1.72. The van der Waals surface area contributed by atoms with Crippen LogP contribution >= 0.6 is 0 Å². The van der Waals surface area contributed by atoms with E-state index < -0.39 is 10.0 Å². The van der Waals surface area contributed by atoms with Crippen molar-refractivity contribution in [2.45, 2.75) is 43.9 Å². The van der Waals surface area contributed by atoms with E-state index in [0.29, 0.717) is 11.4 Å². The van der Waals surface area contributed by atoms with Crippen molar-refractivity contribution in [3.8, 4) is 0 Å². The maximum Gasteiger partial charge on any atom is 0.240 e. The monoisotopic (exact) mass is 294 g/mol. The third-order valence-electron chi connectivity index (χ3n) is 4.47. The van der Waals surface area contributed by atoms with E-state index in [1.165, 1.54) is 0 Å². The van der Waals surface area contributed by atoms with Crippen LogP contribution in [0.3, 0.4) is 0 Å². The van der Waals surface area contributed by atoms with E-state index in [9.17, 15) is 8.42 Å². The first-order valence-corrected chi connectivity index (χ1v) is 8.89. The van der Waals surface area contributed by atoms with Crippen molar-refractivity contribution < 1.29 is 8.42 Å². The number of sulfonamides is 1. The minimum absolute atomic E-state index is 0.236. The summed E-state index contributed by atoms with van der Waals surface area (Å²) in [6.07, 6.45) is 5.43. The summed E-state index contributed by atoms with van der Waals surface area (Å²) in [5, 5.41) is 3.25. The highest BCUT2D eigenvalue weighted by molar-refractivity contribution is 7.89. The third-order valence-corrected chi connectivity index (χ3v) is 5.87. The van der Waals surface area contributed by atoms with Crippen LogP contribution in [0.25, 0.3) is 0 Å². The highest BCUT2D eigenvalue weighted by atomic mass is 32.2. The quantitative estimate of drug-likeness (QED) is 0.847. The van der Waals surface area contributed by atoms with Gasteiger partial charge in [0.25, 0.3) is 0 Å². The number of nitrogens with one attached hydrogen (secondary N) is 2. The van der Waals surface area contributed by atoms with Gasteiger partial charge in [0.15, 0.2) is 0 Å². The van der Waals surface area contributed by atoms with Crippen molar-refractivity contribution in [2.24, 2.45) is 5.41 Å². The fourth-order valence-corrected chi connectivity index (χ4v) is 4.21. The molecule has 1 aliphatic carbocycles. The summed E-state index contributed by atoms with van der Waals surface area (Å²) in [6.45, 7) is 3.63. The highest BCUT2D eigenvalue weighted by Crippen LogP contribution is 2.49. The van der Waals surface area contributed by atoms with Crippen LogP contribution < -0.4 is 10.0 Å². The second-order valence-electron chi connectivity index (χ2n) is 6.07. The van der Waals surface area contributed by atoms with E-state index >= 15 is 0 Å². The van der Waals surface area contributed by atoms with Crippen LogP contribution in [0, 0.1) is 5.41 Å². The lowest BCUT2D eigenvalue weighted by Gasteiger charge is -2.15. The van der Waals surface area contributed by atoms with Gasteiger partial charge in [0, 0.05) is 18.8 Å². The van der Waals surface area contributed by atoms with Gasteiger partial charge in [-0.1, -0.05) is 13.3 Å². The molecule has 0 bridgehead atoms. The molecule has 0 atom stereocenters. The van der Waals surface area contributed by atoms with Gasteiger partial charge in [0.1, 0.15) is 0 Å². The van der Waals surface area contributed by atoms with Gasteiger partial charge >= 0.3 is 0 Å². The molecule has 4 nitrogen and oxygen atoms in total. The molecule has 20 heavy (non-hydrogen) atoms. The van der Waals surface area contributed by atoms with Crippen molar-refractivity contribution in [1.29, 1.82) is 0 Å². The molecule has 0 saturated heterocycles. The van der Waals surface area contributed by atoms with Crippen molar-refractivity contribution in [2.75, 3.05) is 18.4 Å². The zero-order valence-electron chi connectivity index (χ0n) is 11.9. The van der Waals surface area contributed by atoms with Crippen LogP contribution in [0.15, 0.2) is 23.1 Å². The molecule has 110 valence electrons. The van der Waals surface area contributed by atoms with E-state index in [2.05, 4.69) is 17.0 Å². The summed E-state index contributed by atoms with van der Waals surface area (Å²) >= 11 is 0. The SMILES string of the molecule is CCCC1(CNS(=O)(=O)c2ccc3c(c2)CCN3)CC1. The lowest BCUT2D eigenvalue weighted by Crippen LogP contribution is -2.30. The van der Waals surface area contributed by atoms with Crippen molar-refractivity contribution in [1.82, 2.24) is 4.72 Å². The summed E-state index contributed by atoms with van der Waals surface area (Å²) in [6, 6.07) is 5.37. The standard InChI is InChI=1S/C15H22N2O2S/c1-2-6-15(7-8-15)11-17-20(18,19)13-3-4-14-12(10-13)5-9-16-14/h3-4,10,16-17H,2,5-9,11H2,1H3. The number of fused-ring (bicyclic) bond motifs is 1. The molecule has 5 heteroatoms. The molecular formula is C15H22N2O2S. The van der Waals surface area contributed by atoms with E-state index in [1.807, 2.05) is 6.07 Å². The highest BCUT2D eigenvalue weighted by Gasteiger charge is 2.42. The molecular weight excluding hydrogens is 272 g/mol. The van der Waals surface area contributed by atoms with Gasteiger partial charge in [0.2, 0.25) is 10.0 Å². The van der Waals surface area contributed by atoms with Crippen LogP contribution in [-0.2, 0) is 16.4 Å². The first-order valence-electron chi connectivity index (χ1n) is 7.41. The maximum absolute atomic E-state index is 12.4. The number of rotatable bonds is 6. The molecule has 0 amide bonds. The maximum atomic E-state index is 12.4. The van der Waals surface area contributed by atoms with Gasteiger partial charge in [-0.25, -0.2) is 13.1 Å². The second-order valence-corrected chi connectivity index (χ2v) is 7.84. The normalized spacial score (nSPS) is 19.4. The summed E-state index contributed by atoms with van der Waals surface area (Å²) in [4.78, 5) is 0.396. The summed E-state index contributed by atoms with van der Waals surface area (Å²) in [7, 11) is -3.37. The average Bonchev–Trinajstić information content (AvgIpc) is 3.03. The van der Waals surface area contributed by atoms with Gasteiger partial charge in [-0.05, 0) is 54.9 Å². The van der Waals surface area contributed by atoms with E-state index in [4.69, 9.17) is 0 Å². The van der Waals surface area contributed by atoms with Crippen molar-refractivity contribution >= 4 is 15.7 Å². The predicted octanol–water partition coefficient (Wildman–Crippen LogP) is 2.51. The number of benzene rings is 1. The summed E-state index contributed by atoms with van der Waals surface area (Å²) in [5.74, 6) is 0.